The molecule has 1 aliphatic heterocycles. The summed E-state index contributed by atoms with van der Waals surface area (Å²) in [5.74, 6) is 0.597. The summed E-state index contributed by atoms with van der Waals surface area (Å²) >= 11 is 0. The minimum atomic E-state index is 0.597. The van der Waals surface area contributed by atoms with E-state index in [-0.39, 0.29) is 0 Å². The van der Waals surface area contributed by atoms with Crippen LogP contribution in [0.5, 0.6) is 0 Å². The average molecular weight is 335 g/mol. The van der Waals surface area contributed by atoms with Crippen LogP contribution in [0.3, 0.4) is 0 Å². The molecule has 0 unspecified atom stereocenters. The first-order valence-corrected chi connectivity index (χ1v) is 9.96. The molecule has 0 aromatic heterocycles. The molecule has 2 heteroatoms. The monoisotopic (exact) mass is 334 g/mol. The Hall–Kier alpha value is -1.64. The standard InChI is InChI=1S/C23H30N2/c1-3-9-19(10-4-1)17-25-16-15-23(24-21-13-7-8-14-21)22(18-25)20-11-5-2-6-12-20/h1-6,9-12,21-24H,7-8,13-18H2/t22-,23+/m1/s1. The number of hydrogen-bond donors (Lipinski definition) is 1. The molecule has 0 radical (unpaired) electrons. The first kappa shape index (κ1) is 16.8. The van der Waals surface area contributed by atoms with Crippen LogP contribution < -0.4 is 5.32 Å². The molecule has 1 aliphatic carbocycles. The van der Waals surface area contributed by atoms with E-state index in [9.17, 15) is 0 Å². The van der Waals surface area contributed by atoms with Gasteiger partial charge in [0.15, 0.2) is 0 Å². The zero-order chi connectivity index (χ0) is 16.9. The van der Waals surface area contributed by atoms with Gasteiger partial charge in [0, 0.05) is 37.6 Å². The molecule has 1 saturated carbocycles. The fraction of sp³-hybridized carbons (Fsp3) is 0.478. The van der Waals surface area contributed by atoms with Gasteiger partial charge < -0.3 is 5.32 Å². The van der Waals surface area contributed by atoms with Gasteiger partial charge in [-0.2, -0.15) is 0 Å². The summed E-state index contributed by atoms with van der Waals surface area (Å²) in [5.41, 5.74) is 2.92. The summed E-state index contributed by atoms with van der Waals surface area (Å²) in [5, 5.41) is 4.02. The minimum Gasteiger partial charge on any atom is -0.311 e. The van der Waals surface area contributed by atoms with Crippen LogP contribution in [0.4, 0.5) is 0 Å². The van der Waals surface area contributed by atoms with E-state index in [0.717, 1.165) is 19.1 Å². The SMILES string of the molecule is c1ccc(CN2CC[C@H](NC3CCCC3)[C@@H](c3ccccc3)C2)cc1. The molecule has 0 bridgehead atoms. The molecule has 0 amide bonds. The van der Waals surface area contributed by atoms with Crippen LogP contribution in [0.1, 0.15) is 49.1 Å². The number of likely N-dealkylation sites (tertiary alicyclic amines) is 1. The van der Waals surface area contributed by atoms with Gasteiger partial charge in [0.1, 0.15) is 0 Å². The Labute approximate surface area is 152 Å². The zero-order valence-corrected chi connectivity index (χ0v) is 15.1. The second kappa shape index (κ2) is 8.16. The van der Waals surface area contributed by atoms with Crippen molar-refractivity contribution in [1.29, 1.82) is 0 Å². The predicted octanol–water partition coefficient (Wildman–Crippen LogP) is 4.58. The molecule has 2 atom stereocenters. The van der Waals surface area contributed by atoms with Crippen LogP contribution in [-0.4, -0.2) is 30.1 Å². The number of rotatable bonds is 5. The molecule has 25 heavy (non-hydrogen) atoms. The van der Waals surface area contributed by atoms with Crippen molar-refractivity contribution in [3.8, 4) is 0 Å². The predicted molar refractivity (Wildman–Crippen MR) is 105 cm³/mol. The Kier molecular flexibility index (Phi) is 5.49. The Morgan fingerprint density at radius 3 is 2.24 bits per heavy atom. The van der Waals surface area contributed by atoms with Gasteiger partial charge in [0.05, 0.1) is 0 Å². The van der Waals surface area contributed by atoms with Crippen molar-refractivity contribution >= 4 is 0 Å². The normalized spacial score (nSPS) is 25.3. The fourth-order valence-electron chi connectivity index (χ4n) is 4.64. The van der Waals surface area contributed by atoms with E-state index in [2.05, 4.69) is 70.9 Å². The van der Waals surface area contributed by atoms with Gasteiger partial charge in [0.2, 0.25) is 0 Å². The largest absolute Gasteiger partial charge is 0.311 e. The van der Waals surface area contributed by atoms with Crippen molar-refractivity contribution in [2.45, 2.75) is 56.7 Å². The van der Waals surface area contributed by atoms with Gasteiger partial charge in [-0.15, -0.1) is 0 Å². The molecule has 2 fully saturated rings. The van der Waals surface area contributed by atoms with Gasteiger partial charge in [-0.05, 0) is 30.4 Å². The second-order valence-electron chi connectivity index (χ2n) is 7.78. The van der Waals surface area contributed by atoms with E-state index in [0.29, 0.717) is 12.0 Å². The van der Waals surface area contributed by atoms with E-state index in [4.69, 9.17) is 0 Å². The van der Waals surface area contributed by atoms with Crippen molar-refractivity contribution in [2.75, 3.05) is 13.1 Å². The molecule has 1 N–H and O–H groups in total. The molecular formula is C23H30N2. The van der Waals surface area contributed by atoms with Crippen LogP contribution in [0, 0.1) is 0 Å². The highest BCUT2D eigenvalue weighted by atomic mass is 15.2. The maximum absolute atomic E-state index is 4.02. The quantitative estimate of drug-likeness (QED) is 0.861. The maximum Gasteiger partial charge on any atom is 0.0234 e. The van der Waals surface area contributed by atoms with Crippen LogP contribution >= 0.6 is 0 Å². The number of benzene rings is 2. The van der Waals surface area contributed by atoms with E-state index in [1.807, 2.05) is 0 Å². The van der Waals surface area contributed by atoms with Gasteiger partial charge in [0.25, 0.3) is 0 Å². The Morgan fingerprint density at radius 2 is 1.52 bits per heavy atom. The van der Waals surface area contributed by atoms with Gasteiger partial charge in [-0.1, -0.05) is 73.5 Å². The van der Waals surface area contributed by atoms with E-state index in [1.54, 1.807) is 0 Å². The Morgan fingerprint density at radius 1 is 0.840 bits per heavy atom. The summed E-state index contributed by atoms with van der Waals surface area (Å²) in [4.78, 5) is 2.64. The van der Waals surface area contributed by atoms with Gasteiger partial charge in [-0.25, -0.2) is 0 Å². The number of nitrogens with zero attached hydrogens (tertiary/aromatic N) is 1. The van der Waals surface area contributed by atoms with Crippen LogP contribution in [-0.2, 0) is 6.54 Å². The third kappa shape index (κ3) is 4.31. The highest BCUT2D eigenvalue weighted by Gasteiger charge is 2.32. The topological polar surface area (TPSA) is 15.3 Å². The van der Waals surface area contributed by atoms with Crippen molar-refractivity contribution in [1.82, 2.24) is 10.2 Å². The molecule has 1 saturated heterocycles. The summed E-state index contributed by atoms with van der Waals surface area (Å²) in [6, 6.07) is 23.4. The number of piperidine rings is 1. The summed E-state index contributed by atoms with van der Waals surface area (Å²) in [6.45, 7) is 3.42. The first-order chi connectivity index (χ1) is 12.4. The lowest BCUT2D eigenvalue weighted by atomic mass is 9.85. The Balaban J connectivity index is 1.47. The molecule has 2 aromatic rings. The minimum absolute atomic E-state index is 0.597. The average Bonchev–Trinajstić information content (AvgIpc) is 3.18. The molecule has 0 spiro atoms. The number of nitrogens with one attached hydrogen (secondary N) is 1. The van der Waals surface area contributed by atoms with Crippen LogP contribution in [0.25, 0.3) is 0 Å². The highest BCUT2D eigenvalue weighted by Crippen LogP contribution is 2.30. The van der Waals surface area contributed by atoms with Crippen molar-refractivity contribution in [3.05, 3.63) is 71.8 Å². The summed E-state index contributed by atoms with van der Waals surface area (Å²) < 4.78 is 0. The summed E-state index contributed by atoms with van der Waals surface area (Å²) in [7, 11) is 0. The smallest absolute Gasteiger partial charge is 0.0234 e. The number of hydrogen-bond acceptors (Lipinski definition) is 2. The maximum atomic E-state index is 4.02. The molecule has 1 heterocycles. The molecule has 132 valence electrons. The van der Waals surface area contributed by atoms with Gasteiger partial charge in [-0.3, -0.25) is 4.90 Å². The lowest BCUT2D eigenvalue weighted by molar-refractivity contribution is 0.160. The van der Waals surface area contributed by atoms with Crippen LogP contribution in [0.2, 0.25) is 0 Å². The van der Waals surface area contributed by atoms with Crippen molar-refractivity contribution in [2.24, 2.45) is 0 Å². The van der Waals surface area contributed by atoms with Crippen molar-refractivity contribution < 1.29 is 0 Å². The first-order valence-electron chi connectivity index (χ1n) is 9.96. The second-order valence-corrected chi connectivity index (χ2v) is 7.78. The fourth-order valence-corrected chi connectivity index (χ4v) is 4.64. The zero-order valence-electron chi connectivity index (χ0n) is 15.1. The lowest BCUT2D eigenvalue weighted by Gasteiger charge is -2.40. The van der Waals surface area contributed by atoms with Gasteiger partial charge >= 0.3 is 0 Å². The van der Waals surface area contributed by atoms with E-state index >= 15 is 0 Å². The van der Waals surface area contributed by atoms with E-state index < -0.39 is 0 Å². The molecule has 2 nitrogen and oxygen atoms in total. The molecule has 2 aliphatic rings. The third-order valence-corrected chi connectivity index (χ3v) is 5.98. The third-order valence-electron chi connectivity index (χ3n) is 5.98. The highest BCUT2D eigenvalue weighted by molar-refractivity contribution is 5.23. The Bertz CT molecular complexity index is 634. The lowest BCUT2D eigenvalue weighted by Crippen LogP contribution is -2.50. The summed E-state index contributed by atoms with van der Waals surface area (Å²) in [6.07, 6.45) is 6.79. The molecule has 4 rings (SSSR count). The molecular weight excluding hydrogens is 304 g/mol. The van der Waals surface area contributed by atoms with E-state index in [1.165, 1.54) is 49.8 Å². The van der Waals surface area contributed by atoms with Crippen molar-refractivity contribution in [3.63, 3.8) is 0 Å². The van der Waals surface area contributed by atoms with Crippen LogP contribution in [0.15, 0.2) is 60.7 Å². The molecule has 2 aromatic carbocycles.